The Kier molecular flexibility index (Phi) is 33.3. The zero-order valence-corrected chi connectivity index (χ0v) is 46.3. The van der Waals surface area contributed by atoms with Gasteiger partial charge in [-0.3, -0.25) is 28.7 Å². The van der Waals surface area contributed by atoms with E-state index < -0.39 is 5.76 Å². The van der Waals surface area contributed by atoms with Crippen LogP contribution < -0.4 is 27.4 Å². The van der Waals surface area contributed by atoms with Crippen LogP contribution in [0.4, 0.5) is 0 Å². The molecule has 0 bridgehead atoms. The lowest BCUT2D eigenvalue weighted by Gasteiger charge is -2.02. The van der Waals surface area contributed by atoms with Crippen LogP contribution in [0.3, 0.4) is 0 Å². The third kappa shape index (κ3) is 28.9. The van der Waals surface area contributed by atoms with Gasteiger partial charge in [0.1, 0.15) is 5.76 Å². The van der Waals surface area contributed by atoms with Crippen LogP contribution in [0, 0.1) is 32.6 Å². The molecular formula is C47H80N12O8S2. The van der Waals surface area contributed by atoms with E-state index >= 15 is 0 Å². The Hall–Kier alpha value is -5.90. The lowest BCUT2D eigenvalue weighted by molar-refractivity contribution is -0.124. The number of H-pyrrole nitrogens is 3. The summed E-state index contributed by atoms with van der Waals surface area (Å²) in [6.07, 6.45) is 3.01. The molecule has 0 aliphatic carbocycles. The maximum Gasteiger partial charge on any atom is 0.438 e. The molecule has 0 saturated carbocycles. The molecule has 0 aliphatic rings. The van der Waals surface area contributed by atoms with Crippen LogP contribution in [0.15, 0.2) is 52.5 Å². The Bertz CT molecular complexity index is 2340. The van der Waals surface area contributed by atoms with Crippen molar-refractivity contribution in [1.82, 2.24) is 59.7 Å². The molecule has 0 aromatic carbocycles. The maximum absolute atomic E-state index is 11.4. The Balaban J connectivity index is 0. The summed E-state index contributed by atoms with van der Waals surface area (Å²) >= 11 is 2.90. The third-order valence-electron chi connectivity index (χ3n) is 8.67. The van der Waals surface area contributed by atoms with Crippen LogP contribution in [0.1, 0.15) is 197 Å². The molecule has 0 radical (unpaired) electrons. The fourth-order valence-electron chi connectivity index (χ4n) is 4.42. The van der Waals surface area contributed by atoms with Crippen molar-refractivity contribution >= 4 is 35.1 Å². The van der Waals surface area contributed by atoms with E-state index in [1.807, 2.05) is 96.9 Å². The number of aromatic nitrogens is 10. The van der Waals surface area contributed by atoms with Crippen LogP contribution in [0.5, 0.6) is 0 Å². The molecule has 22 heteroatoms. The van der Waals surface area contributed by atoms with Crippen molar-refractivity contribution in [3.8, 4) is 0 Å². The highest BCUT2D eigenvalue weighted by Crippen LogP contribution is 2.19. The monoisotopic (exact) mass is 1000 g/mol. The van der Waals surface area contributed by atoms with E-state index in [0.717, 1.165) is 28.5 Å². The third-order valence-corrected chi connectivity index (χ3v) is 10.5. The average Bonchev–Trinajstić information content (AvgIpc) is 4.15. The number of nitrogens with zero attached hydrogens (tertiary/aromatic N) is 7. The highest BCUT2D eigenvalue weighted by Gasteiger charge is 2.08. The van der Waals surface area contributed by atoms with Crippen LogP contribution >= 0.6 is 23.3 Å². The minimum absolute atomic E-state index is 0.0972. The zero-order valence-electron chi connectivity index (χ0n) is 44.6. The normalized spacial score (nSPS) is 10.3. The molecule has 0 unspecified atom stereocenters. The van der Waals surface area contributed by atoms with E-state index in [9.17, 15) is 24.0 Å². The largest absolute Gasteiger partial charge is 0.472 e. The number of hydrogen-bond donors (Lipinski definition) is 5. The van der Waals surface area contributed by atoms with Gasteiger partial charge in [0.15, 0.2) is 17.1 Å². The molecule has 0 atom stereocenters. The predicted molar refractivity (Wildman–Crippen MR) is 274 cm³/mol. The second-order valence-electron chi connectivity index (χ2n) is 17.8. The molecule has 0 fully saturated rings. The topological polar surface area (TPSA) is 286 Å². The molecule has 0 spiro atoms. The van der Waals surface area contributed by atoms with E-state index in [2.05, 4.69) is 98.0 Å². The van der Waals surface area contributed by atoms with Crippen molar-refractivity contribution in [1.29, 1.82) is 0 Å². The molecule has 20 nitrogen and oxygen atoms in total. The van der Waals surface area contributed by atoms with Gasteiger partial charge in [-0.05, 0) is 56.1 Å². The Morgan fingerprint density at radius 3 is 1.48 bits per heavy atom. The van der Waals surface area contributed by atoms with Gasteiger partial charge in [-0.25, -0.2) is 4.79 Å². The highest BCUT2D eigenvalue weighted by atomic mass is 32.1. The number of rotatable bonds is 8. The Labute approximate surface area is 415 Å². The van der Waals surface area contributed by atoms with Crippen molar-refractivity contribution in [2.24, 2.45) is 11.8 Å². The first-order chi connectivity index (χ1) is 32.1. The van der Waals surface area contributed by atoms with E-state index in [1.165, 1.54) is 35.2 Å². The van der Waals surface area contributed by atoms with Gasteiger partial charge >= 0.3 is 5.76 Å². The summed E-state index contributed by atoms with van der Waals surface area (Å²) in [5.74, 6) is 4.28. The zero-order chi connectivity index (χ0) is 53.6. The van der Waals surface area contributed by atoms with E-state index in [1.54, 1.807) is 32.6 Å². The quantitative estimate of drug-likeness (QED) is 0.0949. The summed E-state index contributed by atoms with van der Waals surface area (Å²) in [7, 11) is 3.28. The molecule has 5 N–H and O–H groups in total. The van der Waals surface area contributed by atoms with Crippen molar-refractivity contribution in [2.75, 3.05) is 14.1 Å². The molecule has 6 heterocycles. The number of aromatic amines is 3. The van der Waals surface area contributed by atoms with Crippen LogP contribution in [-0.4, -0.2) is 75.0 Å². The minimum atomic E-state index is -0.487. The lowest BCUT2D eigenvalue weighted by atomic mass is 10.0. The molecule has 6 aromatic rings. The molecule has 0 aliphatic heterocycles. The van der Waals surface area contributed by atoms with Crippen LogP contribution in [0.25, 0.3) is 0 Å². The number of hydrogen-bond acceptors (Lipinski definition) is 17. The molecule has 2 amide bonds. The molecule has 6 rings (SSSR count). The van der Waals surface area contributed by atoms with Crippen molar-refractivity contribution in [3.05, 3.63) is 106 Å². The summed E-state index contributed by atoms with van der Waals surface area (Å²) in [5, 5.41) is 24.1. The van der Waals surface area contributed by atoms with E-state index in [0.29, 0.717) is 34.9 Å². The van der Waals surface area contributed by atoms with E-state index in [4.69, 9.17) is 8.94 Å². The SMILES string of the molecule is CC(C)c1cc(=O)[nH]o1.CC(C)c1nn[nH]n1.CC(C)c1noc(=O)[nH]1.CNC(=O)C(C)C.CNC(=O)C(C)C.Cc1cc(C(C)C)sn1.Cc1cocc(C(C)C)c1=O.Cc1nsnc1C(C)C. The number of nitrogens with one attached hydrogen (secondary N) is 5. The summed E-state index contributed by atoms with van der Waals surface area (Å²) in [6, 6.07) is 3.61. The molecule has 69 heavy (non-hydrogen) atoms. The Morgan fingerprint density at radius 2 is 1.26 bits per heavy atom. The predicted octanol–water partition coefficient (Wildman–Crippen LogP) is 9.29. The molecule has 6 aromatic heterocycles. The van der Waals surface area contributed by atoms with Crippen LogP contribution in [0.2, 0.25) is 0 Å². The minimum Gasteiger partial charge on any atom is -0.472 e. The summed E-state index contributed by atoms with van der Waals surface area (Å²) in [5.41, 5.74) is 4.73. The fourth-order valence-corrected chi connectivity index (χ4v) is 5.85. The standard InChI is InChI=1S/C9H12O2.C7H11NS.C6H10N2S.C6H9NO2.C5H8N2O2.2C5H11NO.C4H8N4/c1-6(2)8-5-11-4-7(3)9(8)10;1-5(2)7-4-6(3)8-9-7;1-4(2)6-5(3)7-9-8-6;1-4(2)5-3-6(8)7-9-5;1-3(2)4-6-5(8)9-7-4;2*1-4(2)5(7)6-3;1-3(2)4-5-7-8-6-4/h4-6H,1-3H3;4-5H,1-3H3;4H,1-3H3;3-4H,1-2H3,(H,7,8);3H,1-2H3,(H,6,7,8);2*4H,1-3H3,(H,6,7);3H,1-2H3,(H,5,6,7,8). The summed E-state index contributed by atoms with van der Waals surface area (Å²) in [6.45, 7) is 37.6. The smallest absolute Gasteiger partial charge is 0.438 e. The first-order valence-corrected chi connectivity index (χ1v) is 24.3. The number of tetrazole rings is 1. The number of aryl methyl sites for hydroxylation is 3. The molecular weight excluding hydrogens is 925 g/mol. The Morgan fingerprint density at radius 1 is 0.681 bits per heavy atom. The number of amides is 2. The highest BCUT2D eigenvalue weighted by molar-refractivity contribution is 7.05. The fraction of sp³-hybridized carbons (Fsp3) is 0.617. The average molecular weight is 1010 g/mol. The van der Waals surface area contributed by atoms with Gasteiger partial charge in [-0.1, -0.05) is 121 Å². The molecule has 388 valence electrons. The summed E-state index contributed by atoms with van der Waals surface area (Å²) < 4.78 is 26.4. The number of carbonyl (C=O) groups excluding carboxylic acids is 2. The lowest BCUT2D eigenvalue weighted by Crippen LogP contribution is -2.22. The van der Waals surface area contributed by atoms with Crippen molar-refractivity contribution in [2.45, 2.75) is 167 Å². The van der Waals surface area contributed by atoms with Gasteiger partial charge < -0.3 is 19.6 Å². The van der Waals surface area contributed by atoms with Crippen LogP contribution in [-0.2, 0) is 9.59 Å². The molecule has 0 saturated heterocycles. The van der Waals surface area contributed by atoms with Gasteiger partial charge in [0.05, 0.1) is 41.3 Å². The number of carbonyl (C=O) groups is 2. The first-order valence-electron chi connectivity index (χ1n) is 22.8. The van der Waals surface area contributed by atoms with Gasteiger partial charge in [0.2, 0.25) is 11.8 Å². The van der Waals surface area contributed by atoms with Gasteiger partial charge in [-0.2, -0.15) is 23.5 Å². The maximum atomic E-state index is 11.4. The van der Waals surface area contributed by atoms with Gasteiger partial charge in [0, 0.05) is 65.8 Å². The van der Waals surface area contributed by atoms with Gasteiger partial charge in [0.25, 0.3) is 5.56 Å². The second kappa shape index (κ2) is 35.2. The second-order valence-corrected chi connectivity index (χ2v) is 19.1. The first kappa shape index (κ1) is 65.2. The van der Waals surface area contributed by atoms with Crippen molar-refractivity contribution in [3.63, 3.8) is 0 Å². The van der Waals surface area contributed by atoms with E-state index in [-0.39, 0.29) is 52.4 Å². The summed E-state index contributed by atoms with van der Waals surface area (Å²) in [4.78, 5) is 56.7. The van der Waals surface area contributed by atoms with Crippen molar-refractivity contribution < 1.29 is 23.1 Å². The van der Waals surface area contributed by atoms with Gasteiger partial charge in [-0.15, -0.1) is 10.2 Å².